The molecular formula is C24H22ClN3O6. The predicted molar refractivity (Wildman–Crippen MR) is 127 cm³/mol. The van der Waals surface area contributed by atoms with Gasteiger partial charge >= 0.3 is 0 Å². The Balaban J connectivity index is 1.47. The molecular weight excluding hydrogens is 462 g/mol. The molecule has 0 atom stereocenters. The number of ether oxygens (including phenoxy) is 4. The maximum atomic E-state index is 12.5. The Kier molecular flexibility index (Phi) is 6.74. The van der Waals surface area contributed by atoms with Crippen LogP contribution >= 0.6 is 11.6 Å². The van der Waals surface area contributed by atoms with Crippen molar-refractivity contribution in [2.75, 3.05) is 27.4 Å². The minimum atomic E-state index is -0.545. The highest BCUT2D eigenvalue weighted by Gasteiger charge is 2.34. The van der Waals surface area contributed by atoms with Crippen LogP contribution in [0.2, 0.25) is 5.02 Å². The molecule has 0 aliphatic carbocycles. The molecule has 0 spiro atoms. The van der Waals surface area contributed by atoms with Crippen LogP contribution in [0.15, 0.2) is 58.8 Å². The molecule has 2 aromatic carbocycles. The van der Waals surface area contributed by atoms with Gasteiger partial charge in [0.2, 0.25) is 0 Å². The van der Waals surface area contributed by atoms with Gasteiger partial charge in [-0.15, -0.1) is 5.06 Å². The van der Waals surface area contributed by atoms with Crippen molar-refractivity contribution in [2.45, 2.75) is 6.92 Å². The van der Waals surface area contributed by atoms with Crippen molar-refractivity contribution < 1.29 is 28.6 Å². The number of hydrogen-bond acceptors (Lipinski definition) is 7. The quantitative estimate of drug-likeness (QED) is 0.442. The molecule has 176 valence electrons. The standard InChI is InChI=1S/C24H22ClN3O6/c1-14-9-21-27-24(29)18(23(26)28(21)34-14)10-15-11-19(25)22(20(12-15)31-3)33-8-7-32-17-6-4-5-16(13-17)30-2/h4-6,9-13,26H,7-8H2,1-3H3/b18-10-,26-23?. The minimum Gasteiger partial charge on any atom is -0.497 e. The fourth-order valence-electron chi connectivity index (χ4n) is 3.32. The summed E-state index contributed by atoms with van der Waals surface area (Å²) in [5, 5.41) is 9.81. The fourth-order valence-corrected chi connectivity index (χ4v) is 3.60. The lowest BCUT2D eigenvalue weighted by Crippen LogP contribution is -2.38. The van der Waals surface area contributed by atoms with Crippen molar-refractivity contribution in [3.63, 3.8) is 0 Å². The molecule has 10 heteroatoms. The van der Waals surface area contributed by atoms with E-state index in [2.05, 4.69) is 4.99 Å². The molecule has 0 radical (unpaired) electrons. The summed E-state index contributed by atoms with van der Waals surface area (Å²) < 4.78 is 22.1. The number of amidine groups is 2. The van der Waals surface area contributed by atoms with Crippen molar-refractivity contribution >= 4 is 35.3 Å². The number of aliphatic imine (C=N–C) groups is 1. The second-order valence-electron chi connectivity index (χ2n) is 7.23. The Morgan fingerprint density at radius 3 is 2.65 bits per heavy atom. The number of hydroxylamine groups is 2. The highest BCUT2D eigenvalue weighted by molar-refractivity contribution is 6.33. The first-order chi connectivity index (χ1) is 16.4. The zero-order valence-electron chi connectivity index (χ0n) is 18.8. The number of rotatable bonds is 8. The monoisotopic (exact) mass is 483 g/mol. The van der Waals surface area contributed by atoms with E-state index in [0.29, 0.717) is 34.3 Å². The van der Waals surface area contributed by atoms with Gasteiger partial charge in [-0.05, 0) is 42.8 Å². The third-order valence-electron chi connectivity index (χ3n) is 4.88. The number of methoxy groups -OCH3 is 2. The van der Waals surface area contributed by atoms with Gasteiger partial charge in [0.05, 0.1) is 24.8 Å². The molecule has 2 aliphatic heterocycles. The maximum absolute atomic E-state index is 12.5. The first-order valence-electron chi connectivity index (χ1n) is 10.3. The molecule has 0 fully saturated rings. The lowest BCUT2D eigenvalue weighted by molar-refractivity contribution is -0.114. The molecule has 0 saturated carbocycles. The van der Waals surface area contributed by atoms with Gasteiger partial charge < -0.3 is 23.8 Å². The van der Waals surface area contributed by atoms with E-state index in [-0.39, 0.29) is 35.5 Å². The Morgan fingerprint density at radius 2 is 1.88 bits per heavy atom. The summed E-state index contributed by atoms with van der Waals surface area (Å²) in [6, 6.07) is 10.5. The molecule has 0 saturated heterocycles. The Hall–Kier alpha value is -3.98. The number of nitrogens with one attached hydrogen (secondary N) is 1. The summed E-state index contributed by atoms with van der Waals surface area (Å²) >= 11 is 6.45. The van der Waals surface area contributed by atoms with Crippen LogP contribution in [0.5, 0.6) is 23.0 Å². The lowest BCUT2D eigenvalue weighted by atomic mass is 10.1. The van der Waals surface area contributed by atoms with Crippen molar-refractivity contribution in [1.29, 1.82) is 5.41 Å². The number of carbonyl (C=O) groups excluding carboxylic acids is 1. The molecule has 0 bridgehead atoms. The molecule has 2 heterocycles. The first-order valence-corrected chi connectivity index (χ1v) is 10.6. The number of fused-ring (bicyclic) bond motifs is 1. The Bertz CT molecular complexity index is 1240. The van der Waals surface area contributed by atoms with E-state index in [4.69, 9.17) is 40.8 Å². The minimum absolute atomic E-state index is 0.0605. The van der Waals surface area contributed by atoms with Crippen LogP contribution in [0.1, 0.15) is 12.5 Å². The van der Waals surface area contributed by atoms with E-state index >= 15 is 0 Å². The Labute approximate surface area is 201 Å². The van der Waals surface area contributed by atoms with E-state index in [0.717, 1.165) is 0 Å². The van der Waals surface area contributed by atoms with E-state index in [1.807, 2.05) is 18.2 Å². The highest BCUT2D eigenvalue weighted by Crippen LogP contribution is 2.37. The van der Waals surface area contributed by atoms with Crippen LogP contribution in [0, 0.1) is 5.41 Å². The molecule has 0 unspecified atom stereocenters. The topological polar surface area (TPSA) is 103 Å². The third-order valence-corrected chi connectivity index (χ3v) is 5.16. The molecule has 2 aliphatic rings. The summed E-state index contributed by atoms with van der Waals surface area (Å²) in [5.41, 5.74) is 0.600. The van der Waals surface area contributed by atoms with Gasteiger partial charge in [-0.2, -0.15) is 4.99 Å². The second-order valence-corrected chi connectivity index (χ2v) is 7.64. The normalized spacial score (nSPS) is 16.0. The summed E-state index contributed by atoms with van der Waals surface area (Å²) in [4.78, 5) is 21.9. The molecule has 34 heavy (non-hydrogen) atoms. The van der Waals surface area contributed by atoms with E-state index in [9.17, 15) is 4.79 Å². The van der Waals surface area contributed by atoms with E-state index in [1.165, 1.54) is 18.2 Å². The number of carbonyl (C=O) groups is 1. The molecule has 1 N–H and O–H groups in total. The summed E-state index contributed by atoms with van der Waals surface area (Å²) in [6.45, 7) is 2.20. The van der Waals surface area contributed by atoms with Crippen molar-refractivity contribution in [3.8, 4) is 23.0 Å². The number of allylic oxidation sites excluding steroid dienone is 1. The van der Waals surface area contributed by atoms with Crippen LogP contribution in [0.4, 0.5) is 0 Å². The largest absolute Gasteiger partial charge is 0.497 e. The highest BCUT2D eigenvalue weighted by atomic mass is 35.5. The van der Waals surface area contributed by atoms with Crippen molar-refractivity contribution in [3.05, 3.63) is 64.4 Å². The van der Waals surface area contributed by atoms with Crippen LogP contribution in [-0.4, -0.2) is 50.1 Å². The molecule has 2 aromatic rings. The molecule has 1 amide bonds. The smallest absolute Gasteiger partial charge is 0.282 e. The first kappa shape index (κ1) is 23.2. The SMILES string of the molecule is COc1cccc(OCCOc2c(Cl)cc(/C=C3/C(=N)N4OC(C)=CC4=NC3=O)cc2OC)c1. The van der Waals surface area contributed by atoms with Gasteiger partial charge in [-0.1, -0.05) is 17.7 Å². The van der Waals surface area contributed by atoms with E-state index < -0.39 is 5.91 Å². The summed E-state index contributed by atoms with van der Waals surface area (Å²) in [7, 11) is 3.07. The van der Waals surface area contributed by atoms with Gasteiger partial charge in [0.25, 0.3) is 5.91 Å². The maximum Gasteiger partial charge on any atom is 0.282 e. The average molecular weight is 484 g/mol. The number of amides is 1. The van der Waals surface area contributed by atoms with Gasteiger partial charge in [0.15, 0.2) is 23.2 Å². The van der Waals surface area contributed by atoms with Gasteiger partial charge in [-0.3, -0.25) is 10.2 Å². The number of halogens is 1. The van der Waals surface area contributed by atoms with Crippen LogP contribution < -0.4 is 18.9 Å². The van der Waals surface area contributed by atoms with Crippen LogP contribution in [0.25, 0.3) is 6.08 Å². The zero-order chi connectivity index (χ0) is 24.2. The summed E-state index contributed by atoms with van der Waals surface area (Å²) in [6.07, 6.45) is 3.10. The van der Waals surface area contributed by atoms with Gasteiger partial charge in [0.1, 0.15) is 30.5 Å². The number of hydrogen-bond donors (Lipinski definition) is 1. The predicted octanol–water partition coefficient (Wildman–Crippen LogP) is 4.27. The van der Waals surface area contributed by atoms with E-state index in [1.54, 1.807) is 38.3 Å². The average Bonchev–Trinajstić information content (AvgIpc) is 3.20. The zero-order valence-corrected chi connectivity index (χ0v) is 19.5. The van der Waals surface area contributed by atoms with Crippen molar-refractivity contribution in [1.82, 2.24) is 5.06 Å². The third kappa shape index (κ3) is 4.84. The van der Waals surface area contributed by atoms with Gasteiger partial charge in [0, 0.05) is 12.1 Å². The molecule has 0 aromatic heterocycles. The van der Waals surface area contributed by atoms with Crippen molar-refractivity contribution in [2.24, 2.45) is 4.99 Å². The molecule has 4 rings (SSSR count). The fraction of sp³-hybridized carbons (Fsp3) is 0.208. The molecule has 9 nitrogen and oxygen atoms in total. The van der Waals surface area contributed by atoms with Crippen LogP contribution in [0.3, 0.4) is 0 Å². The lowest BCUT2D eigenvalue weighted by Gasteiger charge is -2.23. The summed E-state index contributed by atoms with van der Waals surface area (Å²) in [5.74, 6) is 2.22. The number of benzene rings is 2. The number of nitrogens with zero attached hydrogens (tertiary/aromatic N) is 2. The Morgan fingerprint density at radius 1 is 1.12 bits per heavy atom. The van der Waals surface area contributed by atoms with Gasteiger partial charge in [-0.25, -0.2) is 0 Å². The van der Waals surface area contributed by atoms with Crippen LogP contribution in [-0.2, 0) is 9.63 Å². The second kappa shape index (κ2) is 9.88.